The Labute approximate surface area is 147 Å². The molecule has 1 N–H and O–H groups in total. The standard InChI is InChI=1S/C15H21F3N2O.2ClH/c1-21-13-4-2-12(3-5-13)14(6-7-15(16,17)18)20-10-8-19-9-11-20;;/h2-5,14,19H,6-11H2,1H3;2*1H/t14-;;/m1../s1. The number of halogens is 5. The molecule has 0 saturated carbocycles. The molecule has 1 aliphatic heterocycles. The highest BCUT2D eigenvalue weighted by Gasteiger charge is 2.31. The smallest absolute Gasteiger partial charge is 0.389 e. The van der Waals surface area contributed by atoms with E-state index in [9.17, 15) is 13.2 Å². The molecule has 1 saturated heterocycles. The fourth-order valence-electron chi connectivity index (χ4n) is 2.68. The summed E-state index contributed by atoms with van der Waals surface area (Å²) in [6, 6.07) is 7.14. The maximum atomic E-state index is 12.6. The molecule has 8 heteroatoms. The second-order valence-corrected chi connectivity index (χ2v) is 5.23. The van der Waals surface area contributed by atoms with Crippen LogP contribution in [0, 0.1) is 0 Å². The first-order valence-electron chi connectivity index (χ1n) is 7.15. The lowest BCUT2D eigenvalue weighted by molar-refractivity contribution is -0.138. The number of nitrogens with zero attached hydrogens (tertiary/aromatic N) is 1. The highest BCUT2D eigenvalue weighted by atomic mass is 35.5. The first-order valence-corrected chi connectivity index (χ1v) is 7.15. The van der Waals surface area contributed by atoms with Gasteiger partial charge in [-0.3, -0.25) is 4.90 Å². The minimum absolute atomic E-state index is 0. The van der Waals surface area contributed by atoms with Crippen LogP contribution in [0.25, 0.3) is 0 Å². The lowest BCUT2D eigenvalue weighted by atomic mass is 9.99. The Kier molecular flexibility index (Phi) is 9.93. The number of rotatable bonds is 5. The predicted octanol–water partition coefficient (Wildman–Crippen LogP) is 3.83. The molecule has 1 heterocycles. The van der Waals surface area contributed by atoms with E-state index in [0.717, 1.165) is 31.7 Å². The molecule has 0 aromatic heterocycles. The molecule has 3 nitrogen and oxygen atoms in total. The van der Waals surface area contributed by atoms with Gasteiger partial charge in [-0.15, -0.1) is 24.8 Å². The Hall–Kier alpha value is -0.690. The summed E-state index contributed by atoms with van der Waals surface area (Å²) in [6.07, 6.45) is -4.78. The van der Waals surface area contributed by atoms with Crippen LogP contribution in [0.5, 0.6) is 5.75 Å². The van der Waals surface area contributed by atoms with E-state index in [2.05, 4.69) is 10.2 Å². The predicted molar refractivity (Wildman–Crippen MR) is 90.0 cm³/mol. The average Bonchev–Trinajstić information content (AvgIpc) is 2.48. The summed E-state index contributed by atoms with van der Waals surface area (Å²) in [5.74, 6) is 0.716. The average molecular weight is 375 g/mol. The summed E-state index contributed by atoms with van der Waals surface area (Å²) in [4.78, 5) is 2.13. The third-order valence-electron chi connectivity index (χ3n) is 3.79. The van der Waals surface area contributed by atoms with Gasteiger partial charge in [-0.25, -0.2) is 0 Å². The molecular weight excluding hydrogens is 352 g/mol. The fraction of sp³-hybridized carbons (Fsp3) is 0.600. The number of nitrogens with one attached hydrogen (secondary N) is 1. The van der Waals surface area contributed by atoms with Crippen LogP contribution in [0.3, 0.4) is 0 Å². The van der Waals surface area contributed by atoms with Crippen molar-refractivity contribution in [3.63, 3.8) is 0 Å². The molecule has 0 radical (unpaired) electrons. The van der Waals surface area contributed by atoms with Gasteiger partial charge in [-0.05, 0) is 24.1 Å². The summed E-state index contributed by atoms with van der Waals surface area (Å²) >= 11 is 0. The van der Waals surface area contributed by atoms with Crippen LogP contribution >= 0.6 is 24.8 Å². The van der Waals surface area contributed by atoms with Crippen LogP contribution in [-0.4, -0.2) is 44.4 Å². The number of methoxy groups -OCH3 is 1. The third kappa shape index (κ3) is 7.16. The van der Waals surface area contributed by atoms with E-state index in [1.54, 1.807) is 19.2 Å². The van der Waals surface area contributed by atoms with Gasteiger partial charge < -0.3 is 10.1 Å². The van der Waals surface area contributed by atoms with Crippen molar-refractivity contribution in [2.24, 2.45) is 0 Å². The second kappa shape index (κ2) is 10.2. The van der Waals surface area contributed by atoms with Crippen LogP contribution in [0.2, 0.25) is 0 Å². The Morgan fingerprint density at radius 2 is 1.70 bits per heavy atom. The minimum Gasteiger partial charge on any atom is -0.497 e. The van der Waals surface area contributed by atoms with Crippen molar-refractivity contribution in [2.45, 2.75) is 25.1 Å². The quantitative estimate of drug-likeness (QED) is 0.847. The summed E-state index contributed by atoms with van der Waals surface area (Å²) in [6.45, 7) is 3.18. The maximum absolute atomic E-state index is 12.6. The van der Waals surface area contributed by atoms with Crippen LogP contribution in [0.1, 0.15) is 24.4 Å². The molecule has 0 unspecified atom stereocenters. The van der Waals surface area contributed by atoms with E-state index in [1.165, 1.54) is 0 Å². The normalized spacial score (nSPS) is 16.9. The molecular formula is C15H23Cl2F3N2O. The van der Waals surface area contributed by atoms with E-state index in [-0.39, 0.29) is 37.3 Å². The zero-order valence-corrected chi connectivity index (χ0v) is 14.6. The van der Waals surface area contributed by atoms with Gasteiger partial charge in [-0.2, -0.15) is 13.2 Å². The molecule has 23 heavy (non-hydrogen) atoms. The molecule has 1 aromatic carbocycles. The van der Waals surface area contributed by atoms with Gasteiger partial charge in [0.25, 0.3) is 0 Å². The zero-order chi connectivity index (χ0) is 15.3. The van der Waals surface area contributed by atoms with Crippen molar-refractivity contribution in [1.82, 2.24) is 10.2 Å². The van der Waals surface area contributed by atoms with Crippen molar-refractivity contribution in [2.75, 3.05) is 33.3 Å². The van der Waals surface area contributed by atoms with Gasteiger partial charge in [-0.1, -0.05) is 12.1 Å². The van der Waals surface area contributed by atoms with E-state index >= 15 is 0 Å². The first kappa shape index (κ1) is 22.3. The number of hydrogen-bond acceptors (Lipinski definition) is 3. The van der Waals surface area contributed by atoms with Crippen molar-refractivity contribution >= 4 is 24.8 Å². The number of hydrogen-bond donors (Lipinski definition) is 1. The number of alkyl halides is 3. The Bertz CT molecular complexity index is 437. The van der Waals surface area contributed by atoms with E-state index in [4.69, 9.17) is 4.74 Å². The van der Waals surface area contributed by atoms with Gasteiger partial charge in [0.1, 0.15) is 5.75 Å². The molecule has 0 spiro atoms. The van der Waals surface area contributed by atoms with Crippen molar-refractivity contribution < 1.29 is 17.9 Å². The summed E-state index contributed by atoms with van der Waals surface area (Å²) in [7, 11) is 1.58. The Balaban J connectivity index is 0.00000242. The molecule has 1 aliphatic rings. The molecule has 1 fully saturated rings. The topological polar surface area (TPSA) is 24.5 Å². The number of ether oxygens (including phenoxy) is 1. The van der Waals surface area contributed by atoms with Gasteiger partial charge in [0, 0.05) is 38.6 Å². The van der Waals surface area contributed by atoms with Crippen LogP contribution < -0.4 is 10.1 Å². The fourth-order valence-corrected chi connectivity index (χ4v) is 2.68. The van der Waals surface area contributed by atoms with Gasteiger partial charge in [0.05, 0.1) is 7.11 Å². The van der Waals surface area contributed by atoms with Crippen molar-refractivity contribution in [1.29, 1.82) is 0 Å². The molecule has 2 rings (SSSR count). The second-order valence-electron chi connectivity index (χ2n) is 5.23. The summed E-state index contributed by atoms with van der Waals surface area (Å²) in [5, 5.41) is 3.23. The van der Waals surface area contributed by atoms with Gasteiger partial charge >= 0.3 is 6.18 Å². The highest BCUT2D eigenvalue weighted by molar-refractivity contribution is 5.85. The van der Waals surface area contributed by atoms with E-state index < -0.39 is 12.6 Å². The lowest BCUT2D eigenvalue weighted by Crippen LogP contribution is -2.45. The lowest BCUT2D eigenvalue weighted by Gasteiger charge is -2.35. The van der Waals surface area contributed by atoms with Crippen molar-refractivity contribution in [3.05, 3.63) is 29.8 Å². The van der Waals surface area contributed by atoms with Crippen LogP contribution in [0.4, 0.5) is 13.2 Å². The minimum atomic E-state index is -4.11. The Morgan fingerprint density at radius 1 is 1.13 bits per heavy atom. The molecule has 134 valence electrons. The van der Waals surface area contributed by atoms with Crippen LogP contribution in [-0.2, 0) is 0 Å². The van der Waals surface area contributed by atoms with Crippen molar-refractivity contribution in [3.8, 4) is 5.75 Å². The molecule has 0 aliphatic carbocycles. The highest BCUT2D eigenvalue weighted by Crippen LogP contribution is 2.32. The molecule has 0 amide bonds. The SMILES string of the molecule is COc1ccc([C@@H](CCC(F)(F)F)N2CCNCC2)cc1.Cl.Cl. The number of piperazine rings is 1. The van der Waals surface area contributed by atoms with E-state index in [1.807, 2.05) is 12.1 Å². The van der Waals surface area contributed by atoms with Gasteiger partial charge in [0.15, 0.2) is 0 Å². The van der Waals surface area contributed by atoms with E-state index in [0.29, 0.717) is 5.75 Å². The maximum Gasteiger partial charge on any atom is 0.389 e. The largest absolute Gasteiger partial charge is 0.497 e. The summed E-state index contributed by atoms with van der Waals surface area (Å²) < 4.78 is 42.8. The molecule has 0 bridgehead atoms. The van der Waals surface area contributed by atoms with Gasteiger partial charge in [0.2, 0.25) is 0 Å². The zero-order valence-electron chi connectivity index (χ0n) is 12.9. The third-order valence-corrected chi connectivity index (χ3v) is 3.79. The Morgan fingerprint density at radius 3 is 2.17 bits per heavy atom. The first-order chi connectivity index (χ1) is 9.99. The monoisotopic (exact) mass is 374 g/mol. The molecule has 1 atom stereocenters. The number of benzene rings is 1. The van der Waals surface area contributed by atoms with Crippen LogP contribution in [0.15, 0.2) is 24.3 Å². The molecule has 1 aromatic rings. The summed E-state index contributed by atoms with van der Waals surface area (Å²) in [5.41, 5.74) is 0.918.